The monoisotopic (exact) mass is 275 g/mol. The molecule has 0 bridgehead atoms. The highest BCUT2D eigenvalue weighted by Gasteiger charge is 2.07. The third-order valence-corrected chi connectivity index (χ3v) is 3.35. The van der Waals surface area contributed by atoms with Crippen LogP contribution in [0, 0.1) is 6.92 Å². The summed E-state index contributed by atoms with van der Waals surface area (Å²) in [5, 5.41) is 4.04. The van der Waals surface area contributed by atoms with Gasteiger partial charge in [-0.25, -0.2) is 4.98 Å². The summed E-state index contributed by atoms with van der Waals surface area (Å²) in [4.78, 5) is 8.85. The predicted octanol–water partition coefficient (Wildman–Crippen LogP) is 4.32. The molecule has 0 fully saturated rings. The lowest BCUT2D eigenvalue weighted by atomic mass is 10.1. The lowest BCUT2D eigenvalue weighted by Crippen LogP contribution is -2.14. The van der Waals surface area contributed by atoms with Crippen LogP contribution in [0.5, 0.6) is 0 Å². The number of nitrogens with zero attached hydrogens (tertiary/aromatic N) is 2. The molecule has 100 valence electrons. The first-order valence-corrected chi connectivity index (χ1v) is 6.83. The maximum absolute atomic E-state index is 6.05. The maximum Gasteiger partial charge on any atom is 0.145 e. The van der Waals surface area contributed by atoms with Crippen LogP contribution in [-0.2, 0) is 0 Å². The van der Waals surface area contributed by atoms with Crippen molar-refractivity contribution >= 4 is 17.4 Å². The standard InChI is InChI=1S/C15H18ClN3/c1-4-11(3)18-15-9-17-8-14(19-15)13-7-12(16)6-5-10(13)2/h5-9,11H,4H2,1-3H3,(H,18,19). The van der Waals surface area contributed by atoms with Crippen molar-refractivity contribution in [3.8, 4) is 11.3 Å². The number of anilines is 1. The molecular weight excluding hydrogens is 258 g/mol. The van der Waals surface area contributed by atoms with Crippen LogP contribution >= 0.6 is 11.6 Å². The van der Waals surface area contributed by atoms with Crippen LogP contribution in [-0.4, -0.2) is 16.0 Å². The van der Waals surface area contributed by atoms with Gasteiger partial charge >= 0.3 is 0 Å². The number of nitrogens with one attached hydrogen (secondary N) is 1. The number of benzene rings is 1. The van der Waals surface area contributed by atoms with Gasteiger partial charge in [0.05, 0.1) is 18.1 Å². The summed E-state index contributed by atoms with van der Waals surface area (Å²) in [6.45, 7) is 6.30. The fourth-order valence-electron chi connectivity index (χ4n) is 1.79. The molecule has 0 saturated carbocycles. The number of hydrogen-bond acceptors (Lipinski definition) is 3. The molecule has 1 unspecified atom stereocenters. The summed E-state index contributed by atoms with van der Waals surface area (Å²) in [6.07, 6.45) is 4.55. The topological polar surface area (TPSA) is 37.8 Å². The van der Waals surface area contributed by atoms with Gasteiger partial charge in [-0.3, -0.25) is 4.98 Å². The second-order valence-electron chi connectivity index (χ2n) is 4.70. The Hall–Kier alpha value is -1.61. The van der Waals surface area contributed by atoms with Gasteiger partial charge in [0.2, 0.25) is 0 Å². The molecule has 2 rings (SSSR count). The summed E-state index contributed by atoms with van der Waals surface area (Å²) in [6, 6.07) is 6.18. The largest absolute Gasteiger partial charge is 0.366 e. The highest BCUT2D eigenvalue weighted by Crippen LogP contribution is 2.25. The first-order chi connectivity index (χ1) is 9.10. The molecule has 0 aliphatic heterocycles. The minimum absolute atomic E-state index is 0.380. The van der Waals surface area contributed by atoms with E-state index in [0.717, 1.165) is 29.1 Å². The lowest BCUT2D eigenvalue weighted by Gasteiger charge is -2.13. The minimum Gasteiger partial charge on any atom is -0.366 e. The molecule has 0 saturated heterocycles. The van der Waals surface area contributed by atoms with Crippen molar-refractivity contribution in [2.75, 3.05) is 5.32 Å². The Bertz CT molecular complexity index is 569. The number of rotatable bonds is 4. The van der Waals surface area contributed by atoms with Crippen LogP contribution < -0.4 is 5.32 Å². The molecule has 0 aliphatic carbocycles. The van der Waals surface area contributed by atoms with E-state index in [1.54, 1.807) is 12.4 Å². The quantitative estimate of drug-likeness (QED) is 0.903. The summed E-state index contributed by atoms with van der Waals surface area (Å²) in [7, 11) is 0. The van der Waals surface area contributed by atoms with E-state index < -0.39 is 0 Å². The van der Waals surface area contributed by atoms with Crippen molar-refractivity contribution in [2.45, 2.75) is 33.2 Å². The van der Waals surface area contributed by atoms with Crippen molar-refractivity contribution in [1.29, 1.82) is 0 Å². The van der Waals surface area contributed by atoms with Gasteiger partial charge in [-0.05, 0) is 38.0 Å². The molecule has 2 aromatic rings. The molecule has 1 N–H and O–H groups in total. The zero-order valence-electron chi connectivity index (χ0n) is 11.4. The van der Waals surface area contributed by atoms with Crippen LogP contribution in [0.2, 0.25) is 5.02 Å². The molecule has 1 heterocycles. The summed E-state index contributed by atoms with van der Waals surface area (Å²) < 4.78 is 0. The molecule has 1 aromatic carbocycles. The smallest absolute Gasteiger partial charge is 0.145 e. The second kappa shape index (κ2) is 6.02. The molecule has 19 heavy (non-hydrogen) atoms. The predicted molar refractivity (Wildman–Crippen MR) is 80.6 cm³/mol. The number of halogens is 1. The van der Waals surface area contributed by atoms with E-state index in [1.165, 1.54) is 0 Å². The Morgan fingerprint density at radius 1 is 1.32 bits per heavy atom. The van der Waals surface area contributed by atoms with Gasteiger partial charge in [0, 0.05) is 16.6 Å². The molecule has 0 amide bonds. The second-order valence-corrected chi connectivity index (χ2v) is 5.14. The Morgan fingerprint density at radius 2 is 2.11 bits per heavy atom. The third-order valence-electron chi connectivity index (χ3n) is 3.12. The number of hydrogen-bond donors (Lipinski definition) is 1. The zero-order chi connectivity index (χ0) is 13.8. The number of aryl methyl sites for hydroxylation is 1. The molecule has 1 atom stereocenters. The van der Waals surface area contributed by atoms with E-state index in [0.29, 0.717) is 11.1 Å². The van der Waals surface area contributed by atoms with Gasteiger partial charge in [-0.15, -0.1) is 0 Å². The lowest BCUT2D eigenvalue weighted by molar-refractivity contribution is 0.758. The van der Waals surface area contributed by atoms with Crippen molar-refractivity contribution in [2.24, 2.45) is 0 Å². The highest BCUT2D eigenvalue weighted by molar-refractivity contribution is 6.30. The van der Waals surface area contributed by atoms with Crippen LogP contribution in [0.15, 0.2) is 30.6 Å². The minimum atomic E-state index is 0.380. The molecule has 3 nitrogen and oxygen atoms in total. The summed E-state index contributed by atoms with van der Waals surface area (Å²) in [5.41, 5.74) is 3.00. The van der Waals surface area contributed by atoms with Crippen molar-refractivity contribution in [3.63, 3.8) is 0 Å². The Kier molecular flexibility index (Phi) is 4.38. The third kappa shape index (κ3) is 3.44. The van der Waals surface area contributed by atoms with Crippen LogP contribution in [0.1, 0.15) is 25.8 Å². The SMILES string of the molecule is CCC(C)Nc1cncc(-c2cc(Cl)ccc2C)n1. The number of aromatic nitrogens is 2. The fourth-order valence-corrected chi connectivity index (χ4v) is 1.96. The van der Waals surface area contributed by atoms with Gasteiger partial charge < -0.3 is 5.32 Å². The average molecular weight is 276 g/mol. The van der Waals surface area contributed by atoms with Gasteiger partial charge in [-0.2, -0.15) is 0 Å². The van der Waals surface area contributed by atoms with Gasteiger partial charge in [0.15, 0.2) is 0 Å². The fraction of sp³-hybridized carbons (Fsp3) is 0.333. The van der Waals surface area contributed by atoms with Crippen LogP contribution in [0.25, 0.3) is 11.3 Å². The van der Waals surface area contributed by atoms with E-state index >= 15 is 0 Å². The molecule has 0 radical (unpaired) electrons. The highest BCUT2D eigenvalue weighted by atomic mass is 35.5. The van der Waals surface area contributed by atoms with Crippen molar-refractivity contribution in [3.05, 3.63) is 41.2 Å². The molecule has 0 spiro atoms. The average Bonchev–Trinajstić information content (AvgIpc) is 2.41. The molecule has 0 aliphatic rings. The van der Waals surface area contributed by atoms with Crippen LogP contribution in [0.4, 0.5) is 5.82 Å². The van der Waals surface area contributed by atoms with Gasteiger partial charge in [-0.1, -0.05) is 24.6 Å². The Balaban J connectivity index is 2.35. The van der Waals surface area contributed by atoms with E-state index in [2.05, 4.69) is 29.1 Å². The van der Waals surface area contributed by atoms with Crippen molar-refractivity contribution < 1.29 is 0 Å². The van der Waals surface area contributed by atoms with E-state index in [9.17, 15) is 0 Å². The molecule has 4 heteroatoms. The van der Waals surface area contributed by atoms with E-state index in [4.69, 9.17) is 11.6 Å². The first kappa shape index (κ1) is 13.8. The normalized spacial score (nSPS) is 12.2. The van der Waals surface area contributed by atoms with E-state index in [-0.39, 0.29) is 0 Å². The summed E-state index contributed by atoms with van der Waals surface area (Å²) >= 11 is 6.05. The zero-order valence-corrected chi connectivity index (χ0v) is 12.2. The van der Waals surface area contributed by atoms with Crippen LogP contribution in [0.3, 0.4) is 0 Å². The van der Waals surface area contributed by atoms with Gasteiger partial charge in [0.25, 0.3) is 0 Å². The Morgan fingerprint density at radius 3 is 2.84 bits per heavy atom. The molecular formula is C15H18ClN3. The maximum atomic E-state index is 6.05. The van der Waals surface area contributed by atoms with Crippen molar-refractivity contribution in [1.82, 2.24) is 9.97 Å². The molecule has 1 aromatic heterocycles. The van der Waals surface area contributed by atoms with E-state index in [1.807, 2.05) is 25.1 Å². The Labute approximate surface area is 119 Å². The summed E-state index contributed by atoms with van der Waals surface area (Å²) in [5.74, 6) is 0.797. The van der Waals surface area contributed by atoms with Gasteiger partial charge in [0.1, 0.15) is 5.82 Å². The first-order valence-electron chi connectivity index (χ1n) is 6.45.